The van der Waals surface area contributed by atoms with Crippen LogP contribution in [0.1, 0.15) is 16.0 Å². The van der Waals surface area contributed by atoms with Gasteiger partial charge < -0.3 is 9.64 Å². The van der Waals surface area contributed by atoms with Crippen molar-refractivity contribution in [2.75, 3.05) is 26.3 Å². The van der Waals surface area contributed by atoms with Crippen molar-refractivity contribution in [2.24, 2.45) is 0 Å². The van der Waals surface area contributed by atoms with Gasteiger partial charge in [0.05, 0.1) is 29.7 Å². The Kier molecular flexibility index (Phi) is 5.58. The minimum absolute atomic E-state index is 0.0551. The third-order valence-electron chi connectivity index (χ3n) is 3.17. The number of nitrogens with zero attached hydrogens (tertiary/aromatic N) is 2. The number of hydrogen-bond donors (Lipinski definition) is 0. The summed E-state index contributed by atoms with van der Waals surface area (Å²) < 4.78 is 5.25. The normalized spacial score (nSPS) is 18.1. The lowest BCUT2D eigenvalue weighted by Crippen LogP contribution is -2.45. The quantitative estimate of drug-likeness (QED) is 0.731. The Morgan fingerprint density at radius 3 is 2.40 bits per heavy atom. The molecule has 106 valence electrons. The van der Waals surface area contributed by atoms with Gasteiger partial charge >= 0.3 is 0 Å². The molecule has 1 aromatic carbocycles. The molecule has 0 saturated carbocycles. The molecule has 0 radical (unpaired) electrons. The molecule has 1 aliphatic rings. The van der Waals surface area contributed by atoms with E-state index in [1.54, 1.807) is 17.0 Å². The van der Waals surface area contributed by atoms with Gasteiger partial charge in [-0.2, -0.15) is 5.26 Å². The van der Waals surface area contributed by atoms with E-state index in [-0.39, 0.29) is 15.6 Å². The van der Waals surface area contributed by atoms with Gasteiger partial charge in [-0.3, -0.25) is 4.79 Å². The average Bonchev–Trinajstić information content (AvgIpc) is 2.53. The second kappa shape index (κ2) is 7.21. The first-order valence-electron chi connectivity index (χ1n) is 6.28. The van der Waals surface area contributed by atoms with E-state index in [0.29, 0.717) is 31.9 Å². The Hall–Kier alpha value is -0.900. The van der Waals surface area contributed by atoms with Gasteiger partial charge in [0.2, 0.25) is 5.91 Å². The van der Waals surface area contributed by atoms with Crippen LogP contribution in [0.4, 0.5) is 0 Å². The molecule has 6 heteroatoms. The molecule has 2 rings (SSSR count). The van der Waals surface area contributed by atoms with Crippen molar-refractivity contribution in [2.45, 2.75) is 9.65 Å². The molecule has 0 N–H and O–H groups in total. The van der Waals surface area contributed by atoms with Gasteiger partial charge in [-0.05, 0) is 17.7 Å². The fraction of sp³-hybridized carbons (Fsp3) is 0.429. The summed E-state index contributed by atoms with van der Waals surface area (Å²) in [5, 5.41) is 8.79. The van der Waals surface area contributed by atoms with Crippen LogP contribution in [0.25, 0.3) is 0 Å². The summed E-state index contributed by atoms with van der Waals surface area (Å²) in [5.41, 5.74) is 1.58. The Balaban J connectivity index is 2.04. The lowest BCUT2D eigenvalue weighted by atomic mass is 10.1. The van der Waals surface area contributed by atoms with Crippen LogP contribution in [-0.4, -0.2) is 41.9 Å². The first-order valence-corrected chi connectivity index (χ1v) is 8.11. The molecule has 20 heavy (non-hydrogen) atoms. The Morgan fingerprint density at radius 1 is 1.25 bits per heavy atom. The molecule has 1 heterocycles. The molecule has 1 fully saturated rings. The molecule has 0 aliphatic carbocycles. The topological polar surface area (TPSA) is 53.3 Å². The predicted octanol–water partition coefficient (Wildman–Crippen LogP) is 2.62. The highest BCUT2D eigenvalue weighted by Crippen LogP contribution is 2.32. The molecule has 0 unspecified atom stereocenters. The maximum Gasteiger partial charge on any atom is 0.238 e. The highest BCUT2D eigenvalue weighted by atomic mass is 79.9. The van der Waals surface area contributed by atoms with Crippen molar-refractivity contribution in [3.63, 3.8) is 0 Å². The summed E-state index contributed by atoms with van der Waals surface area (Å²) in [7, 11) is 0. The number of halogens is 2. The highest BCUT2D eigenvalue weighted by molar-refractivity contribution is 9.12. The van der Waals surface area contributed by atoms with Crippen LogP contribution < -0.4 is 0 Å². The molecular formula is C14H14Br2N2O2. The number of ether oxygens (including phenoxy) is 1. The zero-order chi connectivity index (χ0) is 14.5. The standard InChI is InChI=1S/C14H14Br2N2O2/c15-12(11-3-1-10(9-17)2-4-11)13(16)14(19)18-5-7-20-8-6-18/h1-4,12-13H,5-8H2/t12-,13+/m0/s1. The molecular weight excluding hydrogens is 388 g/mol. The van der Waals surface area contributed by atoms with Gasteiger partial charge in [0.25, 0.3) is 0 Å². The summed E-state index contributed by atoms with van der Waals surface area (Å²) in [6.07, 6.45) is 0. The molecule has 0 aromatic heterocycles. The first-order chi connectivity index (χ1) is 9.63. The largest absolute Gasteiger partial charge is 0.378 e. The monoisotopic (exact) mass is 400 g/mol. The molecule has 1 amide bonds. The summed E-state index contributed by atoms with van der Waals surface area (Å²) in [6, 6.07) is 9.31. The number of morpholine rings is 1. The van der Waals surface area contributed by atoms with E-state index in [2.05, 4.69) is 37.9 Å². The van der Waals surface area contributed by atoms with Crippen LogP contribution in [0.5, 0.6) is 0 Å². The number of nitriles is 1. The predicted molar refractivity (Wildman–Crippen MR) is 82.9 cm³/mol. The second-order valence-electron chi connectivity index (χ2n) is 4.47. The summed E-state index contributed by atoms with van der Waals surface area (Å²) in [5.74, 6) is 0.0551. The third kappa shape index (κ3) is 3.60. The Morgan fingerprint density at radius 2 is 1.85 bits per heavy atom. The van der Waals surface area contributed by atoms with E-state index >= 15 is 0 Å². The van der Waals surface area contributed by atoms with Crippen LogP contribution in [0, 0.1) is 11.3 Å². The fourth-order valence-electron chi connectivity index (χ4n) is 1.99. The van der Waals surface area contributed by atoms with Crippen LogP contribution in [0.2, 0.25) is 0 Å². The number of alkyl halides is 2. The lowest BCUT2D eigenvalue weighted by molar-refractivity contribution is -0.134. The zero-order valence-electron chi connectivity index (χ0n) is 10.8. The van der Waals surface area contributed by atoms with E-state index < -0.39 is 0 Å². The third-order valence-corrected chi connectivity index (χ3v) is 5.86. The van der Waals surface area contributed by atoms with E-state index in [0.717, 1.165) is 5.56 Å². The lowest BCUT2D eigenvalue weighted by Gasteiger charge is -2.30. The molecule has 0 bridgehead atoms. The van der Waals surface area contributed by atoms with Crippen molar-refractivity contribution in [1.29, 1.82) is 5.26 Å². The zero-order valence-corrected chi connectivity index (χ0v) is 13.9. The number of carbonyl (C=O) groups is 1. The number of carbonyl (C=O) groups excluding carboxylic acids is 1. The SMILES string of the molecule is N#Cc1ccc([C@H](Br)[C@@H](Br)C(=O)N2CCOCC2)cc1. The van der Waals surface area contributed by atoms with Crippen molar-refractivity contribution in [3.8, 4) is 6.07 Å². The number of rotatable bonds is 3. The van der Waals surface area contributed by atoms with Gasteiger partial charge in [0.15, 0.2) is 0 Å². The van der Waals surface area contributed by atoms with Crippen LogP contribution in [0.15, 0.2) is 24.3 Å². The molecule has 1 aliphatic heterocycles. The number of benzene rings is 1. The summed E-state index contributed by atoms with van der Waals surface area (Å²) >= 11 is 7.03. The van der Waals surface area contributed by atoms with E-state index in [4.69, 9.17) is 10.00 Å². The first kappa shape index (κ1) is 15.5. The van der Waals surface area contributed by atoms with Gasteiger partial charge in [0, 0.05) is 13.1 Å². The van der Waals surface area contributed by atoms with Crippen molar-refractivity contribution in [1.82, 2.24) is 4.90 Å². The minimum atomic E-state index is -0.339. The van der Waals surface area contributed by atoms with Crippen LogP contribution >= 0.6 is 31.9 Å². The van der Waals surface area contributed by atoms with E-state index in [1.807, 2.05) is 12.1 Å². The van der Waals surface area contributed by atoms with Crippen molar-refractivity contribution < 1.29 is 9.53 Å². The summed E-state index contributed by atoms with van der Waals surface area (Å²) in [6.45, 7) is 2.45. The van der Waals surface area contributed by atoms with Gasteiger partial charge in [-0.25, -0.2) is 0 Å². The van der Waals surface area contributed by atoms with Crippen molar-refractivity contribution in [3.05, 3.63) is 35.4 Å². The summed E-state index contributed by atoms with van der Waals surface area (Å²) in [4.78, 5) is 13.7. The average molecular weight is 402 g/mol. The van der Waals surface area contributed by atoms with Gasteiger partial charge in [0.1, 0.15) is 4.83 Å². The number of amides is 1. The van der Waals surface area contributed by atoms with Crippen LogP contribution in [-0.2, 0) is 9.53 Å². The molecule has 4 nitrogen and oxygen atoms in total. The number of hydrogen-bond acceptors (Lipinski definition) is 3. The second-order valence-corrected chi connectivity index (χ2v) is 6.45. The van der Waals surface area contributed by atoms with Gasteiger partial charge in [-0.1, -0.05) is 44.0 Å². The van der Waals surface area contributed by atoms with E-state index in [1.165, 1.54) is 0 Å². The highest BCUT2D eigenvalue weighted by Gasteiger charge is 2.29. The fourth-order valence-corrected chi connectivity index (χ4v) is 3.12. The minimum Gasteiger partial charge on any atom is -0.378 e. The maximum absolute atomic E-state index is 12.4. The Bertz CT molecular complexity index is 507. The Labute approximate surface area is 135 Å². The molecule has 2 atom stereocenters. The smallest absolute Gasteiger partial charge is 0.238 e. The van der Waals surface area contributed by atoms with E-state index in [9.17, 15) is 4.79 Å². The van der Waals surface area contributed by atoms with Crippen molar-refractivity contribution >= 4 is 37.8 Å². The molecule has 0 spiro atoms. The maximum atomic E-state index is 12.4. The molecule has 1 saturated heterocycles. The van der Waals surface area contributed by atoms with Crippen LogP contribution in [0.3, 0.4) is 0 Å². The van der Waals surface area contributed by atoms with Gasteiger partial charge in [-0.15, -0.1) is 0 Å². The molecule has 1 aromatic rings.